The first-order valence-electron chi connectivity index (χ1n) is 8.92. The SMILES string of the molecule is Cc1cc(Oc2ccc(Cl)cc2)ccc1C1(Cn2[nH]cnc2=S)OCC(C)O1. The van der Waals surface area contributed by atoms with Crippen molar-refractivity contribution in [3.8, 4) is 11.5 Å². The molecule has 6 nitrogen and oxygen atoms in total. The lowest BCUT2D eigenvalue weighted by molar-refractivity contribution is -0.187. The summed E-state index contributed by atoms with van der Waals surface area (Å²) in [5, 5.41) is 3.68. The van der Waals surface area contributed by atoms with Crippen LogP contribution >= 0.6 is 23.8 Å². The Balaban J connectivity index is 1.64. The predicted molar refractivity (Wildman–Crippen MR) is 108 cm³/mol. The molecular formula is C20H20ClN3O3S. The molecule has 2 heterocycles. The maximum absolute atomic E-state index is 6.22. The summed E-state index contributed by atoms with van der Waals surface area (Å²) >= 11 is 11.2. The van der Waals surface area contributed by atoms with Gasteiger partial charge in [-0.3, -0.25) is 9.78 Å². The van der Waals surface area contributed by atoms with E-state index < -0.39 is 5.79 Å². The number of halogens is 1. The van der Waals surface area contributed by atoms with E-state index in [1.54, 1.807) is 23.1 Å². The molecule has 3 aromatic rings. The topological polar surface area (TPSA) is 61.3 Å². The van der Waals surface area contributed by atoms with Crippen molar-refractivity contribution in [2.24, 2.45) is 0 Å². The standard InChI is InChI=1S/C20H20ClN3O3S/c1-13-9-17(26-16-5-3-15(21)4-6-16)7-8-18(13)20(25-10-14(2)27-20)11-24-19(28)22-12-23-24/h3-9,12,14H,10-11H2,1-2H3,(H,22,23,28). The molecular weight excluding hydrogens is 398 g/mol. The lowest BCUT2D eigenvalue weighted by atomic mass is 9.99. The van der Waals surface area contributed by atoms with Gasteiger partial charge in [0, 0.05) is 10.6 Å². The molecule has 0 amide bonds. The van der Waals surface area contributed by atoms with Crippen molar-refractivity contribution in [1.29, 1.82) is 0 Å². The van der Waals surface area contributed by atoms with Gasteiger partial charge in [0.05, 0.1) is 12.7 Å². The average Bonchev–Trinajstić information content (AvgIpc) is 3.23. The van der Waals surface area contributed by atoms with Crippen LogP contribution in [0.2, 0.25) is 5.02 Å². The van der Waals surface area contributed by atoms with Gasteiger partial charge in [0.25, 0.3) is 0 Å². The van der Waals surface area contributed by atoms with E-state index in [0.29, 0.717) is 22.9 Å². The van der Waals surface area contributed by atoms with Gasteiger partial charge in [-0.25, -0.2) is 4.98 Å². The first-order chi connectivity index (χ1) is 13.4. The largest absolute Gasteiger partial charge is 0.457 e. The van der Waals surface area contributed by atoms with E-state index in [9.17, 15) is 0 Å². The summed E-state index contributed by atoms with van der Waals surface area (Å²) < 4.78 is 20.5. The van der Waals surface area contributed by atoms with Crippen LogP contribution in [0.3, 0.4) is 0 Å². The van der Waals surface area contributed by atoms with Crippen LogP contribution in [0, 0.1) is 11.7 Å². The van der Waals surface area contributed by atoms with Crippen molar-refractivity contribution < 1.29 is 14.2 Å². The lowest BCUT2D eigenvalue weighted by Crippen LogP contribution is -2.34. The number of aromatic nitrogens is 3. The Kier molecular flexibility index (Phi) is 5.25. The molecule has 4 rings (SSSR count). The summed E-state index contributed by atoms with van der Waals surface area (Å²) in [5.41, 5.74) is 1.92. The second-order valence-electron chi connectivity index (χ2n) is 6.78. The molecule has 0 aliphatic carbocycles. The zero-order valence-electron chi connectivity index (χ0n) is 15.5. The summed E-state index contributed by atoms with van der Waals surface area (Å²) in [6.45, 7) is 4.88. The molecule has 2 atom stereocenters. The van der Waals surface area contributed by atoms with Crippen molar-refractivity contribution in [1.82, 2.24) is 14.8 Å². The van der Waals surface area contributed by atoms with Crippen molar-refractivity contribution in [2.75, 3.05) is 6.61 Å². The van der Waals surface area contributed by atoms with Crippen molar-refractivity contribution >= 4 is 23.8 Å². The minimum absolute atomic E-state index is 0.0264. The number of ether oxygens (including phenoxy) is 3. The summed E-state index contributed by atoms with van der Waals surface area (Å²) in [7, 11) is 0. The fourth-order valence-electron chi connectivity index (χ4n) is 3.32. The van der Waals surface area contributed by atoms with E-state index in [0.717, 1.165) is 22.6 Å². The Morgan fingerprint density at radius 2 is 2.04 bits per heavy atom. The quantitative estimate of drug-likeness (QED) is 0.593. The van der Waals surface area contributed by atoms with Crippen molar-refractivity contribution in [3.63, 3.8) is 0 Å². The first-order valence-corrected chi connectivity index (χ1v) is 9.70. The molecule has 0 saturated carbocycles. The molecule has 2 aromatic carbocycles. The molecule has 0 spiro atoms. The Bertz CT molecular complexity index is 1030. The zero-order valence-corrected chi connectivity index (χ0v) is 17.1. The molecule has 1 aliphatic rings. The van der Waals surface area contributed by atoms with Crippen LogP contribution in [0.4, 0.5) is 0 Å². The van der Waals surface area contributed by atoms with Crippen LogP contribution in [0.5, 0.6) is 11.5 Å². The van der Waals surface area contributed by atoms with Crippen LogP contribution < -0.4 is 4.74 Å². The second kappa shape index (κ2) is 7.67. The number of hydrogen-bond acceptors (Lipinski definition) is 5. The molecule has 0 radical (unpaired) electrons. The lowest BCUT2D eigenvalue weighted by Gasteiger charge is -2.30. The normalized spacial score (nSPS) is 21.8. The van der Waals surface area contributed by atoms with Crippen LogP contribution in [-0.4, -0.2) is 27.5 Å². The maximum Gasteiger partial charge on any atom is 0.215 e. The molecule has 1 saturated heterocycles. The van der Waals surface area contributed by atoms with Crippen molar-refractivity contribution in [2.45, 2.75) is 32.3 Å². The Morgan fingerprint density at radius 1 is 1.29 bits per heavy atom. The minimum Gasteiger partial charge on any atom is -0.457 e. The van der Waals surface area contributed by atoms with E-state index >= 15 is 0 Å². The number of aryl methyl sites for hydroxylation is 1. The highest BCUT2D eigenvalue weighted by Crippen LogP contribution is 2.39. The molecule has 1 aromatic heterocycles. The molecule has 0 bridgehead atoms. The molecule has 28 heavy (non-hydrogen) atoms. The molecule has 1 fully saturated rings. The third kappa shape index (κ3) is 3.84. The number of rotatable bonds is 5. The van der Waals surface area contributed by atoms with Gasteiger partial charge in [0.2, 0.25) is 10.6 Å². The fraction of sp³-hybridized carbons (Fsp3) is 0.300. The van der Waals surface area contributed by atoms with Gasteiger partial charge >= 0.3 is 0 Å². The smallest absolute Gasteiger partial charge is 0.215 e. The maximum atomic E-state index is 6.22. The van der Waals surface area contributed by atoms with E-state index in [2.05, 4.69) is 10.1 Å². The molecule has 2 unspecified atom stereocenters. The van der Waals surface area contributed by atoms with Crippen LogP contribution in [-0.2, 0) is 21.8 Å². The van der Waals surface area contributed by atoms with Gasteiger partial charge in [-0.2, -0.15) is 0 Å². The highest BCUT2D eigenvalue weighted by Gasteiger charge is 2.43. The number of nitrogens with zero attached hydrogens (tertiary/aromatic N) is 2. The summed E-state index contributed by atoms with van der Waals surface area (Å²) in [6.07, 6.45) is 1.53. The first kappa shape index (κ1) is 19.1. The van der Waals surface area contributed by atoms with Gasteiger partial charge in [-0.1, -0.05) is 11.6 Å². The molecule has 8 heteroatoms. The predicted octanol–water partition coefficient (Wildman–Crippen LogP) is 4.98. The van der Waals surface area contributed by atoms with Gasteiger partial charge in [-0.05, 0) is 74.1 Å². The zero-order chi connectivity index (χ0) is 19.7. The number of nitrogens with one attached hydrogen (secondary N) is 1. The molecule has 1 N–H and O–H groups in total. The van der Waals surface area contributed by atoms with E-state index in [4.69, 9.17) is 38.0 Å². The number of aromatic amines is 1. The Morgan fingerprint density at radius 3 is 2.64 bits per heavy atom. The number of H-pyrrole nitrogens is 1. The van der Waals surface area contributed by atoms with Gasteiger partial charge in [0.1, 0.15) is 24.4 Å². The third-order valence-corrected chi connectivity index (χ3v) is 5.16. The van der Waals surface area contributed by atoms with E-state index in [-0.39, 0.29) is 6.10 Å². The highest BCUT2D eigenvalue weighted by molar-refractivity contribution is 7.71. The van der Waals surface area contributed by atoms with Crippen LogP contribution in [0.25, 0.3) is 0 Å². The van der Waals surface area contributed by atoms with Crippen LogP contribution in [0.15, 0.2) is 48.8 Å². The third-order valence-electron chi connectivity index (χ3n) is 4.59. The van der Waals surface area contributed by atoms with Gasteiger partial charge in [0.15, 0.2) is 0 Å². The highest BCUT2D eigenvalue weighted by atomic mass is 35.5. The second-order valence-corrected chi connectivity index (χ2v) is 7.58. The number of benzene rings is 2. The van der Waals surface area contributed by atoms with Gasteiger partial charge in [-0.15, -0.1) is 0 Å². The number of hydrogen-bond donors (Lipinski definition) is 1. The molecule has 146 valence electrons. The van der Waals surface area contributed by atoms with Gasteiger partial charge < -0.3 is 14.2 Å². The van der Waals surface area contributed by atoms with E-state index in [1.165, 1.54) is 0 Å². The fourth-order valence-corrected chi connectivity index (χ4v) is 3.62. The summed E-state index contributed by atoms with van der Waals surface area (Å²) in [4.78, 5) is 4.07. The van der Waals surface area contributed by atoms with Crippen molar-refractivity contribution in [3.05, 3.63) is 69.7 Å². The Labute approximate surface area is 173 Å². The monoisotopic (exact) mass is 417 g/mol. The average molecular weight is 418 g/mol. The Hall–Kier alpha value is -2.19. The summed E-state index contributed by atoms with van der Waals surface area (Å²) in [6, 6.07) is 13.1. The van der Waals surface area contributed by atoms with Crippen LogP contribution in [0.1, 0.15) is 18.1 Å². The van der Waals surface area contributed by atoms with E-state index in [1.807, 2.05) is 44.2 Å². The summed E-state index contributed by atoms with van der Waals surface area (Å²) in [5.74, 6) is 0.507. The molecule has 1 aliphatic heterocycles. The minimum atomic E-state index is -0.937.